The molecule has 7 heteroatoms. The molecule has 0 atom stereocenters. The van der Waals surface area contributed by atoms with Crippen LogP contribution in [0.1, 0.15) is 29.9 Å². The quantitative estimate of drug-likeness (QED) is 0.599. The van der Waals surface area contributed by atoms with Crippen molar-refractivity contribution in [3.05, 3.63) is 71.9 Å². The first-order valence-corrected chi connectivity index (χ1v) is 11.6. The third kappa shape index (κ3) is 5.31. The third-order valence-electron chi connectivity index (χ3n) is 6.18. The molecule has 1 aliphatic heterocycles. The summed E-state index contributed by atoms with van der Waals surface area (Å²) in [5.41, 5.74) is 3.81. The van der Waals surface area contributed by atoms with Gasteiger partial charge in [0, 0.05) is 45.8 Å². The van der Waals surface area contributed by atoms with Crippen LogP contribution in [0.15, 0.2) is 60.7 Å². The number of piperazine rings is 1. The van der Waals surface area contributed by atoms with Crippen molar-refractivity contribution in [2.45, 2.75) is 20.4 Å². The van der Waals surface area contributed by atoms with Gasteiger partial charge in [0.15, 0.2) is 11.5 Å². The molecule has 0 radical (unpaired) electrons. The molecule has 1 saturated heterocycles. The largest absolute Gasteiger partial charge is 0.508 e. The van der Waals surface area contributed by atoms with Crippen LogP contribution < -0.4 is 4.90 Å². The summed E-state index contributed by atoms with van der Waals surface area (Å²) in [7, 11) is 0. The predicted molar refractivity (Wildman–Crippen MR) is 130 cm³/mol. The molecule has 1 fully saturated rings. The van der Waals surface area contributed by atoms with Gasteiger partial charge >= 0.3 is 0 Å². The molecule has 33 heavy (non-hydrogen) atoms. The number of hydrogen-bond acceptors (Lipinski definition) is 6. The van der Waals surface area contributed by atoms with Crippen LogP contribution >= 0.6 is 0 Å². The van der Waals surface area contributed by atoms with Crippen molar-refractivity contribution >= 4 is 11.7 Å². The van der Waals surface area contributed by atoms with Gasteiger partial charge in [-0.15, -0.1) is 10.2 Å². The molecule has 1 aliphatic rings. The van der Waals surface area contributed by atoms with Gasteiger partial charge in [0.2, 0.25) is 0 Å². The highest BCUT2D eigenvalue weighted by molar-refractivity contribution is 5.92. The molecule has 0 spiro atoms. The summed E-state index contributed by atoms with van der Waals surface area (Å²) >= 11 is 0. The summed E-state index contributed by atoms with van der Waals surface area (Å²) in [5, 5.41) is 18.4. The van der Waals surface area contributed by atoms with E-state index in [0.29, 0.717) is 18.8 Å². The molecule has 0 saturated carbocycles. The van der Waals surface area contributed by atoms with E-state index in [1.165, 1.54) is 5.56 Å². The number of carbonyl (C=O) groups excluding carboxylic acids is 1. The highest BCUT2D eigenvalue weighted by atomic mass is 16.3. The fraction of sp³-hybridized carbons (Fsp3) is 0.346. The molecule has 2 aromatic carbocycles. The van der Waals surface area contributed by atoms with E-state index < -0.39 is 0 Å². The monoisotopic (exact) mass is 445 g/mol. The van der Waals surface area contributed by atoms with E-state index in [2.05, 4.69) is 38.2 Å². The van der Waals surface area contributed by atoms with Crippen LogP contribution in [0.4, 0.5) is 5.82 Å². The SMILES string of the molecule is CCN(CC)C(=O)c1ccc(N2CCN(Cc3ccccc3-c3cccc(O)c3)CC2)nn1. The first-order chi connectivity index (χ1) is 16.1. The lowest BCUT2D eigenvalue weighted by atomic mass is 9.99. The topological polar surface area (TPSA) is 72.8 Å². The fourth-order valence-corrected chi connectivity index (χ4v) is 4.27. The van der Waals surface area contributed by atoms with Crippen molar-refractivity contribution < 1.29 is 9.90 Å². The minimum atomic E-state index is -0.0748. The lowest BCUT2D eigenvalue weighted by Crippen LogP contribution is -2.46. The summed E-state index contributed by atoms with van der Waals surface area (Å²) < 4.78 is 0. The molecule has 0 bridgehead atoms. The van der Waals surface area contributed by atoms with Gasteiger partial charge in [0.25, 0.3) is 5.91 Å². The number of benzene rings is 2. The molecular weight excluding hydrogens is 414 g/mol. The zero-order valence-electron chi connectivity index (χ0n) is 19.3. The number of anilines is 1. The molecule has 1 amide bonds. The number of aromatic hydroxyl groups is 1. The lowest BCUT2D eigenvalue weighted by molar-refractivity contribution is 0.0766. The number of amides is 1. The number of phenols is 1. The normalized spacial score (nSPS) is 14.3. The summed E-state index contributed by atoms with van der Waals surface area (Å²) in [6.07, 6.45) is 0. The van der Waals surface area contributed by atoms with Gasteiger partial charge in [-0.1, -0.05) is 36.4 Å². The molecule has 1 aromatic heterocycles. The lowest BCUT2D eigenvalue weighted by Gasteiger charge is -2.35. The summed E-state index contributed by atoms with van der Waals surface area (Å²) in [5.74, 6) is 1.02. The van der Waals surface area contributed by atoms with Crippen molar-refractivity contribution in [2.24, 2.45) is 0 Å². The molecule has 4 rings (SSSR count). The zero-order valence-corrected chi connectivity index (χ0v) is 19.3. The molecule has 3 aromatic rings. The van der Waals surface area contributed by atoms with Crippen LogP contribution in [0.25, 0.3) is 11.1 Å². The van der Waals surface area contributed by atoms with Crippen molar-refractivity contribution in [1.82, 2.24) is 20.0 Å². The molecule has 1 N–H and O–H groups in total. The Morgan fingerprint density at radius 2 is 1.70 bits per heavy atom. The second-order valence-corrected chi connectivity index (χ2v) is 8.22. The average Bonchev–Trinajstić information content (AvgIpc) is 2.86. The molecular formula is C26H31N5O2. The molecule has 2 heterocycles. The van der Waals surface area contributed by atoms with Crippen molar-refractivity contribution in [3.8, 4) is 16.9 Å². The maximum absolute atomic E-state index is 12.4. The second-order valence-electron chi connectivity index (χ2n) is 8.22. The number of hydrogen-bond donors (Lipinski definition) is 1. The van der Waals surface area contributed by atoms with Crippen LogP contribution in [-0.4, -0.2) is 70.3 Å². The summed E-state index contributed by atoms with van der Waals surface area (Å²) in [6.45, 7) is 9.63. The van der Waals surface area contributed by atoms with E-state index >= 15 is 0 Å². The van der Waals surface area contributed by atoms with Gasteiger partial charge < -0.3 is 14.9 Å². The van der Waals surface area contributed by atoms with Gasteiger partial charge in [-0.25, -0.2) is 0 Å². The second kappa shape index (κ2) is 10.4. The fourth-order valence-electron chi connectivity index (χ4n) is 4.27. The standard InChI is InChI=1S/C26H31N5O2/c1-3-30(4-2)26(33)24-12-13-25(28-27-24)31-16-14-29(15-17-31)19-21-8-5-6-11-23(21)20-9-7-10-22(32)18-20/h5-13,18,32H,3-4,14-17,19H2,1-2H3. The van der Waals surface area contributed by atoms with Crippen LogP contribution in [0.5, 0.6) is 5.75 Å². The van der Waals surface area contributed by atoms with Crippen LogP contribution in [0.2, 0.25) is 0 Å². The Morgan fingerprint density at radius 1 is 0.939 bits per heavy atom. The Morgan fingerprint density at radius 3 is 2.36 bits per heavy atom. The van der Waals surface area contributed by atoms with E-state index in [4.69, 9.17) is 0 Å². The van der Waals surface area contributed by atoms with E-state index in [-0.39, 0.29) is 11.7 Å². The Kier molecular flexibility index (Phi) is 7.19. The maximum atomic E-state index is 12.4. The summed E-state index contributed by atoms with van der Waals surface area (Å²) in [4.78, 5) is 18.8. The highest BCUT2D eigenvalue weighted by Crippen LogP contribution is 2.28. The number of rotatable bonds is 7. The minimum Gasteiger partial charge on any atom is -0.508 e. The summed E-state index contributed by atoms with van der Waals surface area (Å²) in [6, 6.07) is 19.5. The van der Waals surface area contributed by atoms with E-state index in [1.54, 1.807) is 17.0 Å². The average molecular weight is 446 g/mol. The Hall–Kier alpha value is -3.45. The number of carbonyl (C=O) groups is 1. The molecule has 7 nitrogen and oxygen atoms in total. The Balaban J connectivity index is 1.38. The maximum Gasteiger partial charge on any atom is 0.274 e. The Bertz CT molecular complexity index is 1070. The zero-order chi connectivity index (χ0) is 23.2. The van der Waals surface area contributed by atoms with Gasteiger partial charge in [-0.05, 0) is 54.8 Å². The van der Waals surface area contributed by atoms with Crippen molar-refractivity contribution in [2.75, 3.05) is 44.2 Å². The molecule has 172 valence electrons. The van der Waals surface area contributed by atoms with Crippen LogP contribution in [-0.2, 0) is 6.54 Å². The smallest absolute Gasteiger partial charge is 0.274 e. The van der Waals surface area contributed by atoms with E-state index in [0.717, 1.165) is 49.7 Å². The van der Waals surface area contributed by atoms with Gasteiger partial charge in [0.1, 0.15) is 5.75 Å². The molecule has 0 aliphatic carbocycles. The predicted octanol–water partition coefficient (Wildman–Crippen LogP) is 3.65. The first kappa shape index (κ1) is 22.7. The van der Waals surface area contributed by atoms with Gasteiger partial charge in [0.05, 0.1) is 0 Å². The number of aromatic nitrogens is 2. The van der Waals surface area contributed by atoms with Gasteiger partial charge in [-0.2, -0.15) is 0 Å². The number of nitrogens with zero attached hydrogens (tertiary/aromatic N) is 5. The van der Waals surface area contributed by atoms with E-state index in [9.17, 15) is 9.90 Å². The van der Waals surface area contributed by atoms with E-state index in [1.807, 2.05) is 44.2 Å². The minimum absolute atomic E-state index is 0.0748. The highest BCUT2D eigenvalue weighted by Gasteiger charge is 2.21. The van der Waals surface area contributed by atoms with Gasteiger partial charge in [-0.3, -0.25) is 9.69 Å². The third-order valence-corrected chi connectivity index (χ3v) is 6.18. The Labute approximate surface area is 195 Å². The molecule has 0 unspecified atom stereocenters. The van der Waals surface area contributed by atoms with Crippen molar-refractivity contribution in [3.63, 3.8) is 0 Å². The van der Waals surface area contributed by atoms with Crippen LogP contribution in [0, 0.1) is 0 Å². The number of phenolic OH excluding ortho intramolecular Hbond substituents is 1. The van der Waals surface area contributed by atoms with Crippen molar-refractivity contribution in [1.29, 1.82) is 0 Å². The van der Waals surface area contributed by atoms with Crippen LogP contribution in [0.3, 0.4) is 0 Å². The first-order valence-electron chi connectivity index (χ1n) is 11.6.